The Labute approximate surface area is 204 Å². The van der Waals surface area contributed by atoms with Gasteiger partial charge in [-0.3, -0.25) is 10.1 Å². The van der Waals surface area contributed by atoms with E-state index in [1.165, 1.54) is 6.07 Å². The molecule has 0 saturated carbocycles. The highest BCUT2D eigenvalue weighted by molar-refractivity contribution is 14.0. The summed E-state index contributed by atoms with van der Waals surface area (Å²) < 4.78 is 18.8. The summed E-state index contributed by atoms with van der Waals surface area (Å²) >= 11 is 0. The molecule has 3 aromatic rings. The Hall–Kier alpha value is -2.63. The van der Waals surface area contributed by atoms with Crippen LogP contribution in [0.4, 0.5) is 10.1 Å². The highest BCUT2D eigenvalue weighted by Gasteiger charge is 2.20. The van der Waals surface area contributed by atoms with Crippen LogP contribution in [-0.2, 0) is 6.42 Å². The lowest BCUT2D eigenvalue weighted by Crippen LogP contribution is -2.48. The molecule has 0 atom stereocenters. The normalized spacial score (nSPS) is 14.8. The zero-order valence-electron chi connectivity index (χ0n) is 18.1. The second-order valence-corrected chi connectivity index (χ2v) is 7.48. The number of hydrogen-bond acceptors (Lipinski definition) is 5. The van der Waals surface area contributed by atoms with Crippen LogP contribution in [0.25, 0.3) is 11.6 Å². The predicted molar refractivity (Wildman–Crippen MR) is 134 cm³/mol. The number of nitrogens with one attached hydrogen (secondary N) is 3. The molecule has 0 amide bonds. The Kier molecular flexibility index (Phi) is 8.89. The Bertz CT molecular complexity index is 984. The van der Waals surface area contributed by atoms with E-state index in [0.717, 1.165) is 49.9 Å². The van der Waals surface area contributed by atoms with E-state index in [2.05, 4.69) is 42.6 Å². The third kappa shape index (κ3) is 6.44. The lowest BCUT2D eigenvalue weighted by molar-refractivity contribution is 0.461. The summed E-state index contributed by atoms with van der Waals surface area (Å²) in [7, 11) is 0. The van der Waals surface area contributed by atoms with Gasteiger partial charge in [0.2, 0.25) is 5.82 Å². The van der Waals surface area contributed by atoms with Crippen LogP contribution in [-0.4, -0.2) is 53.4 Å². The number of rotatable bonds is 7. The molecule has 0 radical (unpaired) electrons. The number of halogens is 2. The molecule has 32 heavy (non-hydrogen) atoms. The number of hydrogen-bond donors (Lipinski definition) is 3. The minimum atomic E-state index is -0.192. The zero-order valence-corrected chi connectivity index (χ0v) is 20.4. The number of benzene rings is 1. The van der Waals surface area contributed by atoms with Crippen molar-refractivity contribution in [3.63, 3.8) is 0 Å². The molecule has 1 aliphatic rings. The molecule has 0 spiro atoms. The maximum Gasteiger partial charge on any atom is 0.216 e. The van der Waals surface area contributed by atoms with Crippen LogP contribution < -0.4 is 15.5 Å². The third-order valence-electron chi connectivity index (χ3n) is 5.25. The van der Waals surface area contributed by atoms with Gasteiger partial charge >= 0.3 is 0 Å². The van der Waals surface area contributed by atoms with Crippen LogP contribution >= 0.6 is 24.0 Å². The van der Waals surface area contributed by atoms with E-state index in [1.807, 2.05) is 18.2 Å². The molecule has 0 unspecified atom stereocenters. The SMILES string of the molecule is CCNC(=NCCc1nc(-c2ccco2)n[nH]1)NC1CCN(c2cccc(F)c2)CC1.I. The van der Waals surface area contributed by atoms with E-state index in [4.69, 9.17) is 4.42 Å². The molecule has 1 aromatic carbocycles. The summed E-state index contributed by atoms with van der Waals surface area (Å²) in [5, 5.41) is 14.0. The Morgan fingerprint density at radius 2 is 2.12 bits per heavy atom. The fourth-order valence-electron chi connectivity index (χ4n) is 3.66. The Morgan fingerprint density at radius 1 is 1.28 bits per heavy atom. The average Bonchev–Trinajstić information content (AvgIpc) is 3.46. The number of guanidine groups is 1. The van der Waals surface area contributed by atoms with Gasteiger partial charge in [0, 0.05) is 44.3 Å². The molecule has 0 bridgehead atoms. The maximum atomic E-state index is 13.5. The second-order valence-electron chi connectivity index (χ2n) is 7.48. The van der Waals surface area contributed by atoms with E-state index < -0.39 is 0 Å². The molecule has 10 heteroatoms. The van der Waals surface area contributed by atoms with Gasteiger partial charge in [-0.2, -0.15) is 5.10 Å². The number of piperidine rings is 1. The minimum Gasteiger partial charge on any atom is -0.461 e. The predicted octanol–water partition coefficient (Wildman–Crippen LogP) is 3.59. The summed E-state index contributed by atoms with van der Waals surface area (Å²) in [5.41, 5.74) is 0.944. The summed E-state index contributed by atoms with van der Waals surface area (Å²) in [5.74, 6) is 2.58. The monoisotopic (exact) mass is 553 g/mol. The van der Waals surface area contributed by atoms with Crippen molar-refractivity contribution in [1.82, 2.24) is 25.8 Å². The van der Waals surface area contributed by atoms with Crippen molar-refractivity contribution in [3.05, 3.63) is 54.3 Å². The van der Waals surface area contributed by atoms with Crippen molar-refractivity contribution in [1.29, 1.82) is 0 Å². The Balaban J connectivity index is 0.00000289. The number of nitrogens with zero attached hydrogens (tertiary/aromatic N) is 4. The molecule has 4 rings (SSSR count). The zero-order chi connectivity index (χ0) is 21.5. The standard InChI is InChI=1S/C22H28FN7O.HI/c1-2-24-22(25-11-8-20-27-21(29-28-20)19-7-4-14-31-19)26-17-9-12-30(13-10-17)18-6-3-5-16(23)15-18;/h3-7,14-15,17H,2,8-13H2,1H3,(H2,24,25,26)(H,27,28,29);1H. The van der Waals surface area contributed by atoms with E-state index in [1.54, 1.807) is 18.4 Å². The fourth-order valence-corrected chi connectivity index (χ4v) is 3.66. The van der Waals surface area contributed by atoms with Crippen LogP contribution in [0.5, 0.6) is 0 Å². The van der Waals surface area contributed by atoms with E-state index >= 15 is 0 Å². The molecular weight excluding hydrogens is 524 g/mol. The van der Waals surface area contributed by atoms with Crippen LogP contribution in [0.2, 0.25) is 0 Å². The first-order valence-corrected chi connectivity index (χ1v) is 10.7. The lowest BCUT2D eigenvalue weighted by atomic mass is 10.0. The number of anilines is 1. The maximum absolute atomic E-state index is 13.5. The number of aliphatic imine (C=N–C) groups is 1. The van der Waals surface area contributed by atoms with Crippen molar-refractivity contribution in [2.75, 3.05) is 31.1 Å². The van der Waals surface area contributed by atoms with Gasteiger partial charge in [0.1, 0.15) is 11.6 Å². The molecule has 1 fully saturated rings. The quantitative estimate of drug-likeness (QED) is 0.235. The van der Waals surface area contributed by atoms with Gasteiger partial charge in [-0.15, -0.1) is 24.0 Å². The van der Waals surface area contributed by atoms with Crippen molar-refractivity contribution in [2.24, 2.45) is 4.99 Å². The molecular formula is C22H29FIN7O. The average molecular weight is 553 g/mol. The van der Waals surface area contributed by atoms with Crippen LogP contribution in [0, 0.1) is 5.82 Å². The fraction of sp³-hybridized carbons (Fsp3) is 0.409. The van der Waals surface area contributed by atoms with Gasteiger partial charge in [-0.05, 0) is 50.1 Å². The molecule has 3 heterocycles. The topological polar surface area (TPSA) is 94.4 Å². The van der Waals surface area contributed by atoms with Gasteiger partial charge < -0.3 is 20.0 Å². The number of H-pyrrole nitrogens is 1. The smallest absolute Gasteiger partial charge is 0.216 e. The van der Waals surface area contributed by atoms with Crippen molar-refractivity contribution >= 4 is 35.6 Å². The van der Waals surface area contributed by atoms with Gasteiger partial charge in [-0.1, -0.05) is 6.07 Å². The largest absolute Gasteiger partial charge is 0.461 e. The van der Waals surface area contributed by atoms with Gasteiger partial charge in [-0.25, -0.2) is 9.37 Å². The van der Waals surface area contributed by atoms with Crippen molar-refractivity contribution < 1.29 is 8.81 Å². The number of aromatic amines is 1. The van der Waals surface area contributed by atoms with Crippen LogP contribution in [0.1, 0.15) is 25.6 Å². The lowest BCUT2D eigenvalue weighted by Gasteiger charge is -2.34. The van der Waals surface area contributed by atoms with E-state index in [-0.39, 0.29) is 29.8 Å². The van der Waals surface area contributed by atoms with Gasteiger partial charge in [0.25, 0.3) is 0 Å². The third-order valence-corrected chi connectivity index (χ3v) is 5.25. The van der Waals surface area contributed by atoms with Crippen molar-refractivity contribution in [2.45, 2.75) is 32.2 Å². The summed E-state index contributed by atoms with van der Waals surface area (Å²) in [4.78, 5) is 11.4. The van der Waals surface area contributed by atoms with Crippen LogP contribution in [0.3, 0.4) is 0 Å². The number of aromatic nitrogens is 3. The molecule has 2 aromatic heterocycles. The molecule has 8 nitrogen and oxygen atoms in total. The highest BCUT2D eigenvalue weighted by Crippen LogP contribution is 2.20. The molecule has 1 aliphatic heterocycles. The first kappa shape index (κ1) is 24.0. The summed E-state index contributed by atoms with van der Waals surface area (Å²) in [6.45, 7) is 5.20. The first-order chi connectivity index (χ1) is 15.2. The molecule has 1 saturated heterocycles. The van der Waals surface area contributed by atoms with Crippen molar-refractivity contribution in [3.8, 4) is 11.6 Å². The Morgan fingerprint density at radius 3 is 2.84 bits per heavy atom. The highest BCUT2D eigenvalue weighted by atomic mass is 127. The minimum absolute atomic E-state index is 0. The van der Waals surface area contributed by atoms with E-state index in [0.29, 0.717) is 30.6 Å². The first-order valence-electron chi connectivity index (χ1n) is 10.7. The van der Waals surface area contributed by atoms with Gasteiger partial charge in [0.05, 0.1) is 6.26 Å². The number of furan rings is 1. The molecule has 172 valence electrons. The van der Waals surface area contributed by atoms with Gasteiger partial charge in [0.15, 0.2) is 11.7 Å². The summed E-state index contributed by atoms with van der Waals surface area (Å²) in [6, 6.07) is 10.8. The van der Waals surface area contributed by atoms with E-state index in [9.17, 15) is 4.39 Å². The van der Waals surface area contributed by atoms with Crippen LogP contribution in [0.15, 0.2) is 52.1 Å². The molecule has 3 N–H and O–H groups in total. The molecule has 0 aliphatic carbocycles. The summed E-state index contributed by atoms with van der Waals surface area (Å²) in [6.07, 6.45) is 4.19. The second kappa shape index (κ2) is 11.8.